The van der Waals surface area contributed by atoms with Gasteiger partial charge in [0.1, 0.15) is 5.75 Å². The third-order valence-electron chi connectivity index (χ3n) is 3.19. The molecule has 21 heavy (non-hydrogen) atoms. The van der Waals surface area contributed by atoms with E-state index in [4.69, 9.17) is 14.2 Å². The predicted octanol–water partition coefficient (Wildman–Crippen LogP) is 3.81. The molecule has 2 aromatic carbocycles. The second-order valence-corrected chi connectivity index (χ2v) is 5.20. The Kier molecular flexibility index (Phi) is 3.86. The molecule has 2 aromatic rings. The molecule has 0 aromatic heterocycles. The zero-order valence-corrected chi connectivity index (χ0v) is 12.3. The van der Waals surface area contributed by atoms with Gasteiger partial charge in [0, 0.05) is 23.9 Å². The van der Waals surface area contributed by atoms with Crippen LogP contribution in [0.1, 0.15) is 19.4 Å². The highest BCUT2D eigenvalue weighted by molar-refractivity contribution is 5.56. The molecule has 1 aliphatic rings. The molecule has 0 saturated carbocycles. The molecule has 1 aliphatic heterocycles. The average Bonchev–Trinajstić information content (AvgIpc) is 2.93. The molecule has 0 saturated heterocycles. The molecular weight excluding hydrogens is 266 g/mol. The van der Waals surface area contributed by atoms with Gasteiger partial charge in [-0.2, -0.15) is 0 Å². The van der Waals surface area contributed by atoms with Gasteiger partial charge in [0.2, 0.25) is 6.79 Å². The van der Waals surface area contributed by atoms with E-state index in [0.717, 1.165) is 28.5 Å². The van der Waals surface area contributed by atoms with Crippen molar-refractivity contribution in [3.63, 3.8) is 0 Å². The average molecular weight is 285 g/mol. The van der Waals surface area contributed by atoms with Crippen LogP contribution in [0.3, 0.4) is 0 Å². The number of fused-ring (bicyclic) bond motifs is 1. The Hall–Kier alpha value is -2.36. The van der Waals surface area contributed by atoms with E-state index in [1.54, 1.807) is 0 Å². The number of rotatable bonds is 5. The minimum atomic E-state index is 0.164. The molecule has 0 aliphatic carbocycles. The van der Waals surface area contributed by atoms with E-state index in [2.05, 4.69) is 11.4 Å². The Balaban J connectivity index is 1.70. The van der Waals surface area contributed by atoms with Crippen molar-refractivity contribution >= 4 is 5.69 Å². The number of nitrogens with one attached hydrogen (secondary N) is 1. The van der Waals surface area contributed by atoms with Gasteiger partial charge in [-0.1, -0.05) is 18.2 Å². The van der Waals surface area contributed by atoms with Crippen LogP contribution >= 0.6 is 0 Å². The summed E-state index contributed by atoms with van der Waals surface area (Å²) >= 11 is 0. The molecule has 0 spiro atoms. The smallest absolute Gasteiger partial charge is 0.231 e. The SMILES string of the molecule is CC(C)Oc1ccccc1CNc1ccc2c(c1)OCO2. The molecule has 4 nitrogen and oxygen atoms in total. The van der Waals surface area contributed by atoms with E-state index in [-0.39, 0.29) is 6.10 Å². The Morgan fingerprint density at radius 1 is 1.10 bits per heavy atom. The summed E-state index contributed by atoms with van der Waals surface area (Å²) in [7, 11) is 0. The van der Waals surface area contributed by atoms with Gasteiger partial charge >= 0.3 is 0 Å². The zero-order valence-electron chi connectivity index (χ0n) is 12.3. The van der Waals surface area contributed by atoms with Crippen LogP contribution in [-0.2, 0) is 6.54 Å². The number of para-hydroxylation sites is 1. The summed E-state index contributed by atoms with van der Waals surface area (Å²) in [5.74, 6) is 2.50. The molecular formula is C17H19NO3. The van der Waals surface area contributed by atoms with E-state index < -0.39 is 0 Å². The minimum absolute atomic E-state index is 0.164. The van der Waals surface area contributed by atoms with Crippen molar-refractivity contribution in [2.45, 2.75) is 26.5 Å². The van der Waals surface area contributed by atoms with Crippen LogP contribution in [0.2, 0.25) is 0 Å². The van der Waals surface area contributed by atoms with Crippen molar-refractivity contribution in [3.8, 4) is 17.2 Å². The van der Waals surface area contributed by atoms with Crippen LogP contribution in [0.4, 0.5) is 5.69 Å². The highest BCUT2D eigenvalue weighted by Gasteiger charge is 2.13. The van der Waals surface area contributed by atoms with Crippen molar-refractivity contribution in [1.29, 1.82) is 0 Å². The highest BCUT2D eigenvalue weighted by atomic mass is 16.7. The third-order valence-corrected chi connectivity index (χ3v) is 3.19. The number of hydrogen-bond donors (Lipinski definition) is 1. The second kappa shape index (κ2) is 5.95. The van der Waals surface area contributed by atoms with Gasteiger partial charge in [-0.3, -0.25) is 0 Å². The second-order valence-electron chi connectivity index (χ2n) is 5.20. The van der Waals surface area contributed by atoms with Gasteiger partial charge in [0.05, 0.1) is 6.10 Å². The van der Waals surface area contributed by atoms with Gasteiger partial charge in [-0.15, -0.1) is 0 Å². The van der Waals surface area contributed by atoms with Gasteiger partial charge in [-0.25, -0.2) is 0 Å². The Morgan fingerprint density at radius 2 is 1.90 bits per heavy atom. The lowest BCUT2D eigenvalue weighted by atomic mass is 10.2. The van der Waals surface area contributed by atoms with Gasteiger partial charge in [0.25, 0.3) is 0 Å². The topological polar surface area (TPSA) is 39.7 Å². The lowest BCUT2D eigenvalue weighted by molar-refractivity contribution is 0.174. The molecule has 0 unspecified atom stereocenters. The fourth-order valence-corrected chi connectivity index (χ4v) is 2.22. The zero-order chi connectivity index (χ0) is 14.7. The molecule has 0 atom stereocenters. The Morgan fingerprint density at radius 3 is 2.76 bits per heavy atom. The number of anilines is 1. The van der Waals surface area contributed by atoms with E-state index >= 15 is 0 Å². The highest BCUT2D eigenvalue weighted by Crippen LogP contribution is 2.34. The fourth-order valence-electron chi connectivity index (χ4n) is 2.22. The summed E-state index contributed by atoms with van der Waals surface area (Å²) in [6, 6.07) is 13.9. The molecule has 4 heteroatoms. The van der Waals surface area contributed by atoms with Gasteiger partial charge in [0.15, 0.2) is 11.5 Å². The summed E-state index contributed by atoms with van der Waals surface area (Å²) in [6.07, 6.45) is 0.164. The summed E-state index contributed by atoms with van der Waals surface area (Å²) in [4.78, 5) is 0. The van der Waals surface area contributed by atoms with Crippen molar-refractivity contribution in [1.82, 2.24) is 0 Å². The van der Waals surface area contributed by atoms with Gasteiger partial charge in [-0.05, 0) is 32.0 Å². The molecule has 0 fully saturated rings. The first-order valence-electron chi connectivity index (χ1n) is 7.10. The van der Waals surface area contributed by atoms with Crippen molar-refractivity contribution in [3.05, 3.63) is 48.0 Å². The van der Waals surface area contributed by atoms with E-state index in [9.17, 15) is 0 Å². The van der Waals surface area contributed by atoms with Crippen LogP contribution < -0.4 is 19.5 Å². The van der Waals surface area contributed by atoms with Crippen molar-refractivity contribution in [2.75, 3.05) is 12.1 Å². The van der Waals surface area contributed by atoms with Crippen molar-refractivity contribution < 1.29 is 14.2 Å². The maximum Gasteiger partial charge on any atom is 0.231 e. The first kappa shape index (κ1) is 13.6. The van der Waals surface area contributed by atoms with E-state index in [1.807, 2.05) is 50.2 Å². The lowest BCUT2D eigenvalue weighted by Crippen LogP contribution is -2.09. The summed E-state index contributed by atoms with van der Waals surface area (Å²) in [5, 5.41) is 3.39. The summed E-state index contributed by atoms with van der Waals surface area (Å²) in [6.45, 7) is 5.05. The first-order chi connectivity index (χ1) is 10.2. The quantitative estimate of drug-likeness (QED) is 0.906. The molecule has 0 bridgehead atoms. The number of ether oxygens (including phenoxy) is 3. The monoisotopic (exact) mass is 285 g/mol. The summed E-state index contributed by atoms with van der Waals surface area (Å²) < 4.78 is 16.5. The summed E-state index contributed by atoms with van der Waals surface area (Å²) in [5.41, 5.74) is 2.13. The van der Waals surface area contributed by atoms with Crippen LogP contribution in [0.25, 0.3) is 0 Å². The molecule has 1 heterocycles. The van der Waals surface area contributed by atoms with Crippen LogP contribution in [0, 0.1) is 0 Å². The predicted molar refractivity (Wildman–Crippen MR) is 82.1 cm³/mol. The maximum atomic E-state index is 5.82. The molecule has 0 radical (unpaired) electrons. The third kappa shape index (κ3) is 3.21. The van der Waals surface area contributed by atoms with E-state index in [1.165, 1.54) is 0 Å². The van der Waals surface area contributed by atoms with E-state index in [0.29, 0.717) is 13.3 Å². The molecule has 110 valence electrons. The molecule has 1 N–H and O–H groups in total. The van der Waals surface area contributed by atoms with Gasteiger partial charge < -0.3 is 19.5 Å². The molecule has 0 amide bonds. The van der Waals surface area contributed by atoms with Crippen molar-refractivity contribution in [2.24, 2.45) is 0 Å². The normalized spacial score (nSPS) is 12.5. The lowest BCUT2D eigenvalue weighted by Gasteiger charge is -2.15. The standard InChI is InChI=1S/C17H19NO3/c1-12(2)21-15-6-4-3-5-13(15)10-18-14-7-8-16-17(9-14)20-11-19-16/h3-9,12,18H,10-11H2,1-2H3. The fraction of sp³-hybridized carbons (Fsp3) is 0.294. The largest absolute Gasteiger partial charge is 0.491 e. The van der Waals surface area contributed by atoms with Crippen LogP contribution in [0.15, 0.2) is 42.5 Å². The Labute approximate surface area is 124 Å². The minimum Gasteiger partial charge on any atom is -0.491 e. The van der Waals surface area contributed by atoms with Crippen LogP contribution in [0.5, 0.6) is 17.2 Å². The number of benzene rings is 2. The first-order valence-corrected chi connectivity index (χ1v) is 7.10. The number of hydrogen-bond acceptors (Lipinski definition) is 4. The molecule has 3 rings (SSSR count). The van der Waals surface area contributed by atoms with Crippen LogP contribution in [-0.4, -0.2) is 12.9 Å². The Bertz CT molecular complexity index is 625. The maximum absolute atomic E-state index is 5.82.